The van der Waals surface area contributed by atoms with Gasteiger partial charge in [0.1, 0.15) is 0 Å². The molecule has 62 valence electrons. The summed E-state index contributed by atoms with van der Waals surface area (Å²) >= 11 is 1.88. The average molecular weight is 169 g/mol. The quantitative estimate of drug-likeness (QED) is 0.738. The Morgan fingerprint density at radius 1 is 1.45 bits per heavy atom. The lowest BCUT2D eigenvalue weighted by atomic mass is 10.1. The van der Waals surface area contributed by atoms with Crippen molar-refractivity contribution in [3.8, 4) is 0 Å². The van der Waals surface area contributed by atoms with Crippen LogP contribution in [0, 0.1) is 13.8 Å². The number of hydrogen-bond acceptors (Lipinski definition) is 2. The van der Waals surface area contributed by atoms with Crippen LogP contribution in [-0.2, 0) is 6.42 Å². The molecule has 0 fully saturated rings. The van der Waals surface area contributed by atoms with Crippen LogP contribution < -0.4 is 5.73 Å². The van der Waals surface area contributed by atoms with Gasteiger partial charge in [-0.15, -0.1) is 11.3 Å². The molecule has 0 spiro atoms. The molecular formula is C9H15NS. The first-order valence-electron chi connectivity index (χ1n) is 4.00. The van der Waals surface area contributed by atoms with Gasteiger partial charge in [-0.1, -0.05) is 0 Å². The van der Waals surface area contributed by atoms with Gasteiger partial charge in [-0.25, -0.2) is 0 Å². The Labute approximate surface area is 72.2 Å². The van der Waals surface area contributed by atoms with Crippen LogP contribution in [0.3, 0.4) is 0 Å². The van der Waals surface area contributed by atoms with Crippen molar-refractivity contribution < 1.29 is 0 Å². The van der Waals surface area contributed by atoms with E-state index in [-0.39, 0.29) is 0 Å². The second-order valence-corrected chi connectivity index (χ2v) is 4.29. The molecule has 1 nitrogen and oxygen atoms in total. The minimum Gasteiger partial charge on any atom is -0.330 e. The van der Waals surface area contributed by atoms with E-state index >= 15 is 0 Å². The molecule has 0 radical (unpaired) electrons. The number of aryl methyl sites for hydroxylation is 3. The minimum atomic E-state index is 0.800. The van der Waals surface area contributed by atoms with Crippen molar-refractivity contribution in [1.82, 2.24) is 0 Å². The van der Waals surface area contributed by atoms with E-state index in [1.165, 1.54) is 15.3 Å². The Morgan fingerprint density at radius 2 is 2.18 bits per heavy atom. The van der Waals surface area contributed by atoms with E-state index in [4.69, 9.17) is 5.73 Å². The molecule has 1 rings (SSSR count). The van der Waals surface area contributed by atoms with Gasteiger partial charge in [0.25, 0.3) is 0 Å². The molecule has 1 heterocycles. The summed E-state index contributed by atoms with van der Waals surface area (Å²) in [5.41, 5.74) is 6.92. The zero-order valence-corrected chi connectivity index (χ0v) is 8.00. The first-order valence-corrected chi connectivity index (χ1v) is 4.81. The summed E-state index contributed by atoms with van der Waals surface area (Å²) in [6, 6.07) is 2.27. The molecule has 2 heteroatoms. The Balaban J connectivity index is 2.62. The van der Waals surface area contributed by atoms with E-state index in [1.54, 1.807) is 0 Å². The molecule has 0 aliphatic rings. The molecule has 0 aliphatic heterocycles. The van der Waals surface area contributed by atoms with Crippen molar-refractivity contribution in [2.45, 2.75) is 26.7 Å². The van der Waals surface area contributed by atoms with Crippen molar-refractivity contribution in [2.75, 3.05) is 6.54 Å². The van der Waals surface area contributed by atoms with Gasteiger partial charge >= 0.3 is 0 Å². The fraction of sp³-hybridized carbons (Fsp3) is 0.556. The maximum absolute atomic E-state index is 5.44. The normalized spacial score (nSPS) is 10.5. The Bertz CT molecular complexity index is 227. The van der Waals surface area contributed by atoms with Crippen molar-refractivity contribution in [1.29, 1.82) is 0 Å². The fourth-order valence-corrected chi connectivity index (χ4v) is 2.20. The Hall–Kier alpha value is -0.340. The van der Waals surface area contributed by atoms with E-state index in [0.717, 1.165) is 19.4 Å². The standard InChI is InChI=1S/C9H15NS/c1-7-6-9(4-3-5-10)8(2)11-7/h6H,3-5,10H2,1-2H3. The highest BCUT2D eigenvalue weighted by atomic mass is 32.1. The lowest BCUT2D eigenvalue weighted by molar-refractivity contribution is 0.831. The zero-order chi connectivity index (χ0) is 8.27. The second kappa shape index (κ2) is 3.88. The van der Waals surface area contributed by atoms with Gasteiger partial charge in [-0.05, 0) is 44.9 Å². The minimum absolute atomic E-state index is 0.800. The van der Waals surface area contributed by atoms with Gasteiger partial charge < -0.3 is 5.73 Å². The molecule has 0 bridgehead atoms. The molecule has 0 saturated heterocycles. The van der Waals surface area contributed by atoms with Crippen LogP contribution in [0.5, 0.6) is 0 Å². The lowest BCUT2D eigenvalue weighted by Crippen LogP contribution is -2.00. The van der Waals surface area contributed by atoms with E-state index in [2.05, 4.69) is 19.9 Å². The summed E-state index contributed by atoms with van der Waals surface area (Å²) in [7, 11) is 0. The van der Waals surface area contributed by atoms with Crippen LogP contribution >= 0.6 is 11.3 Å². The monoisotopic (exact) mass is 169 g/mol. The van der Waals surface area contributed by atoms with Crippen molar-refractivity contribution in [3.63, 3.8) is 0 Å². The van der Waals surface area contributed by atoms with Crippen LogP contribution in [0.2, 0.25) is 0 Å². The highest BCUT2D eigenvalue weighted by molar-refractivity contribution is 7.12. The van der Waals surface area contributed by atoms with E-state index in [9.17, 15) is 0 Å². The predicted octanol–water partition coefficient (Wildman–Crippen LogP) is 2.26. The van der Waals surface area contributed by atoms with Crippen LogP contribution in [0.15, 0.2) is 6.07 Å². The number of hydrogen-bond donors (Lipinski definition) is 1. The number of nitrogens with two attached hydrogens (primary N) is 1. The topological polar surface area (TPSA) is 26.0 Å². The zero-order valence-electron chi connectivity index (χ0n) is 7.18. The Kier molecular flexibility index (Phi) is 3.09. The fourth-order valence-electron chi connectivity index (χ4n) is 1.22. The molecule has 2 N–H and O–H groups in total. The molecule has 0 aromatic carbocycles. The van der Waals surface area contributed by atoms with Crippen LogP contribution in [0.4, 0.5) is 0 Å². The molecule has 0 atom stereocenters. The summed E-state index contributed by atoms with van der Waals surface area (Å²) in [6.45, 7) is 5.14. The summed E-state index contributed by atoms with van der Waals surface area (Å²) < 4.78 is 0. The summed E-state index contributed by atoms with van der Waals surface area (Å²) in [4.78, 5) is 2.87. The lowest BCUT2D eigenvalue weighted by Gasteiger charge is -1.95. The van der Waals surface area contributed by atoms with E-state index in [0.29, 0.717) is 0 Å². The maximum atomic E-state index is 5.44. The number of thiophene rings is 1. The van der Waals surface area contributed by atoms with Gasteiger partial charge in [-0.2, -0.15) is 0 Å². The third-order valence-electron chi connectivity index (χ3n) is 1.79. The number of rotatable bonds is 3. The third-order valence-corrected chi connectivity index (χ3v) is 2.80. The summed E-state index contributed by atoms with van der Waals surface area (Å²) in [5, 5.41) is 0. The molecule has 0 aliphatic carbocycles. The Morgan fingerprint density at radius 3 is 2.64 bits per heavy atom. The van der Waals surface area contributed by atoms with Crippen LogP contribution in [-0.4, -0.2) is 6.54 Å². The maximum Gasteiger partial charge on any atom is 0.00490 e. The molecule has 0 amide bonds. The molecule has 11 heavy (non-hydrogen) atoms. The predicted molar refractivity (Wildman–Crippen MR) is 51.2 cm³/mol. The van der Waals surface area contributed by atoms with Gasteiger partial charge in [0.2, 0.25) is 0 Å². The van der Waals surface area contributed by atoms with Gasteiger partial charge in [0, 0.05) is 9.75 Å². The SMILES string of the molecule is Cc1cc(CCCN)c(C)s1. The van der Waals surface area contributed by atoms with Crippen molar-refractivity contribution >= 4 is 11.3 Å². The second-order valence-electron chi connectivity index (χ2n) is 2.83. The van der Waals surface area contributed by atoms with Crippen LogP contribution in [0.1, 0.15) is 21.7 Å². The van der Waals surface area contributed by atoms with Gasteiger partial charge in [0.05, 0.1) is 0 Å². The van der Waals surface area contributed by atoms with Crippen LogP contribution in [0.25, 0.3) is 0 Å². The summed E-state index contributed by atoms with van der Waals surface area (Å²) in [5.74, 6) is 0. The van der Waals surface area contributed by atoms with Crippen molar-refractivity contribution in [2.24, 2.45) is 5.73 Å². The van der Waals surface area contributed by atoms with E-state index in [1.807, 2.05) is 11.3 Å². The van der Waals surface area contributed by atoms with E-state index < -0.39 is 0 Å². The highest BCUT2D eigenvalue weighted by Crippen LogP contribution is 2.21. The molecule has 1 aromatic heterocycles. The first kappa shape index (κ1) is 8.75. The average Bonchev–Trinajstić information content (AvgIpc) is 2.26. The van der Waals surface area contributed by atoms with Crippen molar-refractivity contribution in [3.05, 3.63) is 21.4 Å². The molecule has 0 saturated carbocycles. The molecule has 0 unspecified atom stereocenters. The highest BCUT2D eigenvalue weighted by Gasteiger charge is 2.00. The largest absolute Gasteiger partial charge is 0.330 e. The first-order chi connectivity index (χ1) is 5.24. The van der Waals surface area contributed by atoms with Gasteiger partial charge in [-0.3, -0.25) is 0 Å². The summed E-state index contributed by atoms with van der Waals surface area (Å²) in [6.07, 6.45) is 2.25. The molecule has 1 aromatic rings. The van der Waals surface area contributed by atoms with Gasteiger partial charge in [0.15, 0.2) is 0 Å². The molecular weight excluding hydrogens is 154 g/mol. The third kappa shape index (κ3) is 2.31. The smallest absolute Gasteiger partial charge is 0.00490 e.